The van der Waals surface area contributed by atoms with Gasteiger partial charge in [-0.15, -0.1) is 0 Å². The van der Waals surface area contributed by atoms with Crippen molar-refractivity contribution in [2.75, 3.05) is 37.8 Å². The molecular weight excluding hydrogens is 414 g/mol. The van der Waals surface area contributed by atoms with Crippen molar-refractivity contribution < 1.29 is 29.3 Å². The largest absolute Gasteiger partial charge is 0.394 e. The molecule has 0 bridgehead atoms. The van der Waals surface area contributed by atoms with Gasteiger partial charge in [-0.3, -0.25) is 14.4 Å². The summed E-state index contributed by atoms with van der Waals surface area (Å²) in [4.78, 5) is 40.4. The van der Waals surface area contributed by atoms with Crippen LogP contribution in [0.25, 0.3) is 0 Å². The minimum Gasteiger partial charge on any atom is -0.394 e. The number of benzene rings is 1. The van der Waals surface area contributed by atoms with E-state index >= 15 is 0 Å². The molecule has 1 heterocycles. The lowest BCUT2D eigenvalue weighted by molar-refractivity contribution is -0.133. The van der Waals surface area contributed by atoms with Crippen LogP contribution < -0.4 is 15.5 Å². The first-order chi connectivity index (χ1) is 15.2. The van der Waals surface area contributed by atoms with Gasteiger partial charge in [-0.2, -0.15) is 0 Å². The van der Waals surface area contributed by atoms with E-state index < -0.39 is 48.5 Å². The molecule has 2 rings (SSSR count). The van der Waals surface area contributed by atoms with Crippen molar-refractivity contribution in [2.45, 2.75) is 51.8 Å². The molecule has 3 unspecified atom stereocenters. The number of amides is 2. The Bertz CT molecular complexity index is 805. The van der Waals surface area contributed by atoms with Gasteiger partial charge in [0.25, 0.3) is 5.91 Å². The number of hydrogen-bond acceptors (Lipinski definition) is 7. The molecule has 3 atom stereocenters. The Morgan fingerprint density at radius 1 is 1.12 bits per heavy atom. The minimum absolute atomic E-state index is 0.0868. The lowest BCUT2D eigenvalue weighted by atomic mass is 9.92. The van der Waals surface area contributed by atoms with Crippen LogP contribution in [0.4, 0.5) is 5.69 Å². The summed E-state index contributed by atoms with van der Waals surface area (Å²) >= 11 is 0. The molecule has 178 valence electrons. The summed E-state index contributed by atoms with van der Waals surface area (Å²) in [5, 5.41) is 24.4. The number of aliphatic hydroxyl groups excluding tert-OH is 2. The second-order valence-corrected chi connectivity index (χ2v) is 8.43. The summed E-state index contributed by atoms with van der Waals surface area (Å²) in [5.74, 6) is -1.49. The topological polar surface area (TPSA) is 132 Å². The van der Waals surface area contributed by atoms with Crippen molar-refractivity contribution in [3.05, 3.63) is 29.8 Å². The van der Waals surface area contributed by atoms with E-state index in [2.05, 4.69) is 15.5 Å². The summed E-state index contributed by atoms with van der Waals surface area (Å²) in [5.41, 5.74) is -0.0228. The maximum absolute atomic E-state index is 12.8. The molecule has 0 aromatic heterocycles. The fourth-order valence-electron chi connectivity index (χ4n) is 3.56. The van der Waals surface area contributed by atoms with E-state index in [0.29, 0.717) is 12.0 Å². The van der Waals surface area contributed by atoms with E-state index in [1.807, 2.05) is 33.8 Å². The second-order valence-electron chi connectivity index (χ2n) is 8.43. The SMILES string of the molecule is CCN(CC)c1cccc(C(=O)NC(CO)C(=O)NC(CC(C)C)C(=O)C2(CO)CO2)c1. The van der Waals surface area contributed by atoms with Crippen molar-refractivity contribution >= 4 is 23.3 Å². The number of Topliss-reactive ketones (excluding diaryl/α,β-unsaturated/α-hetero) is 1. The molecule has 0 saturated carbocycles. The number of ketones is 1. The van der Waals surface area contributed by atoms with Crippen LogP contribution in [0.1, 0.15) is 44.5 Å². The molecule has 4 N–H and O–H groups in total. The molecule has 32 heavy (non-hydrogen) atoms. The summed E-state index contributed by atoms with van der Waals surface area (Å²) in [6.07, 6.45) is 0.341. The summed E-state index contributed by atoms with van der Waals surface area (Å²) < 4.78 is 5.14. The number of nitrogens with one attached hydrogen (secondary N) is 2. The Morgan fingerprint density at radius 2 is 1.78 bits per heavy atom. The van der Waals surface area contributed by atoms with Gasteiger partial charge in [-0.25, -0.2) is 0 Å². The molecular formula is C23H35N3O6. The van der Waals surface area contributed by atoms with Crippen LogP contribution in [-0.2, 0) is 14.3 Å². The Kier molecular flexibility index (Phi) is 9.18. The number of ether oxygens (including phenoxy) is 1. The van der Waals surface area contributed by atoms with Crippen molar-refractivity contribution in [1.29, 1.82) is 0 Å². The fraction of sp³-hybridized carbons (Fsp3) is 0.609. The molecule has 2 amide bonds. The normalized spacial score (nSPS) is 19.2. The zero-order valence-electron chi connectivity index (χ0n) is 19.3. The molecule has 1 fully saturated rings. The molecule has 1 aromatic carbocycles. The van der Waals surface area contributed by atoms with E-state index in [9.17, 15) is 24.6 Å². The number of carbonyl (C=O) groups excluding carboxylic acids is 3. The smallest absolute Gasteiger partial charge is 0.252 e. The molecule has 9 nitrogen and oxygen atoms in total. The second kappa shape index (κ2) is 11.4. The number of aliphatic hydroxyl groups is 2. The van der Waals surface area contributed by atoms with Crippen LogP contribution in [-0.4, -0.2) is 78.4 Å². The number of carbonyl (C=O) groups is 3. The number of hydrogen-bond donors (Lipinski definition) is 4. The number of nitrogens with zero attached hydrogens (tertiary/aromatic N) is 1. The summed E-state index contributed by atoms with van der Waals surface area (Å²) in [6, 6.07) is 4.91. The van der Waals surface area contributed by atoms with Crippen molar-refractivity contribution in [3.63, 3.8) is 0 Å². The van der Waals surface area contributed by atoms with Gasteiger partial charge in [0.1, 0.15) is 6.04 Å². The van der Waals surface area contributed by atoms with Crippen LogP contribution in [0.3, 0.4) is 0 Å². The van der Waals surface area contributed by atoms with Gasteiger partial charge in [-0.1, -0.05) is 19.9 Å². The molecule has 0 aliphatic carbocycles. The first-order valence-electron chi connectivity index (χ1n) is 11.1. The van der Waals surface area contributed by atoms with Gasteiger partial charge < -0.3 is 30.5 Å². The third-order valence-corrected chi connectivity index (χ3v) is 5.58. The first-order valence-corrected chi connectivity index (χ1v) is 11.1. The van der Waals surface area contributed by atoms with Gasteiger partial charge in [0.05, 0.1) is 25.9 Å². The molecule has 1 saturated heterocycles. The van der Waals surface area contributed by atoms with Crippen LogP contribution in [0.5, 0.6) is 0 Å². The zero-order valence-corrected chi connectivity index (χ0v) is 19.3. The van der Waals surface area contributed by atoms with E-state index in [-0.39, 0.29) is 12.5 Å². The third-order valence-electron chi connectivity index (χ3n) is 5.58. The van der Waals surface area contributed by atoms with Crippen molar-refractivity contribution in [2.24, 2.45) is 5.92 Å². The summed E-state index contributed by atoms with van der Waals surface area (Å²) in [7, 11) is 0. The summed E-state index contributed by atoms with van der Waals surface area (Å²) in [6.45, 7) is 8.43. The Labute approximate surface area is 189 Å². The highest BCUT2D eigenvalue weighted by Gasteiger charge is 2.54. The van der Waals surface area contributed by atoms with Crippen LogP contribution in [0, 0.1) is 5.92 Å². The lowest BCUT2D eigenvalue weighted by Gasteiger charge is -2.25. The monoisotopic (exact) mass is 449 g/mol. The van der Waals surface area contributed by atoms with E-state index in [0.717, 1.165) is 18.8 Å². The van der Waals surface area contributed by atoms with Crippen LogP contribution >= 0.6 is 0 Å². The predicted molar refractivity (Wildman–Crippen MR) is 121 cm³/mol. The Balaban J connectivity index is 2.10. The molecule has 1 aromatic rings. The number of rotatable bonds is 13. The highest BCUT2D eigenvalue weighted by atomic mass is 16.6. The standard InChI is InChI=1S/C23H35N3O6/c1-5-26(6-2)17-9-7-8-16(11-17)21(30)25-19(12-27)22(31)24-18(10-15(3)4)20(29)23(13-28)14-32-23/h7-9,11,15,18-19,27-28H,5-6,10,12-14H2,1-4H3,(H,24,31)(H,25,30). The van der Waals surface area contributed by atoms with Crippen LogP contribution in [0.2, 0.25) is 0 Å². The predicted octanol–water partition coefficient (Wildman–Crippen LogP) is 0.485. The molecule has 9 heteroatoms. The van der Waals surface area contributed by atoms with Gasteiger partial charge in [-0.05, 0) is 44.4 Å². The average Bonchev–Trinajstić information content (AvgIpc) is 3.58. The quantitative estimate of drug-likeness (QED) is 0.322. The number of epoxide rings is 1. The van der Waals surface area contributed by atoms with Crippen molar-refractivity contribution in [3.8, 4) is 0 Å². The molecule has 0 radical (unpaired) electrons. The maximum Gasteiger partial charge on any atom is 0.252 e. The molecule has 1 aliphatic rings. The van der Waals surface area contributed by atoms with Crippen LogP contribution in [0.15, 0.2) is 24.3 Å². The first kappa shape index (κ1) is 25.8. The average molecular weight is 450 g/mol. The van der Waals surface area contributed by atoms with Gasteiger partial charge in [0.15, 0.2) is 11.4 Å². The van der Waals surface area contributed by atoms with Gasteiger partial charge in [0, 0.05) is 24.3 Å². The Morgan fingerprint density at radius 3 is 2.28 bits per heavy atom. The third kappa shape index (κ3) is 6.27. The van der Waals surface area contributed by atoms with E-state index in [1.165, 1.54) is 0 Å². The van der Waals surface area contributed by atoms with Gasteiger partial charge in [0.2, 0.25) is 5.91 Å². The molecule has 0 spiro atoms. The van der Waals surface area contributed by atoms with Gasteiger partial charge >= 0.3 is 0 Å². The van der Waals surface area contributed by atoms with Crippen molar-refractivity contribution in [1.82, 2.24) is 10.6 Å². The Hall–Kier alpha value is -2.49. The molecule has 1 aliphatic heterocycles. The fourth-order valence-corrected chi connectivity index (χ4v) is 3.56. The highest BCUT2D eigenvalue weighted by molar-refractivity contribution is 6.00. The maximum atomic E-state index is 12.8. The number of anilines is 1. The lowest BCUT2D eigenvalue weighted by Crippen LogP contribution is -2.55. The van der Waals surface area contributed by atoms with E-state index in [1.54, 1.807) is 18.2 Å². The van der Waals surface area contributed by atoms with E-state index in [4.69, 9.17) is 4.74 Å². The minimum atomic E-state index is -1.27. The highest BCUT2D eigenvalue weighted by Crippen LogP contribution is 2.30. The zero-order chi connectivity index (χ0) is 23.9.